The van der Waals surface area contributed by atoms with Crippen molar-refractivity contribution in [3.63, 3.8) is 0 Å². The molecule has 3 N–H and O–H groups in total. The molecule has 0 spiro atoms. The summed E-state index contributed by atoms with van der Waals surface area (Å²) in [5, 5.41) is 9.14. The molecule has 3 nitrogen and oxygen atoms in total. The summed E-state index contributed by atoms with van der Waals surface area (Å²) < 4.78 is 13.6. The molecule has 0 aromatic rings. The van der Waals surface area contributed by atoms with E-state index in [0.717, 1.165) is 83.5 Å². The lowest BCUT2D eigenvalue weighted by atomic mass is 9.74. The van der Waals surface area contributed by atoms with Crippen molar-refractivity contribution in [2.45, 2.75) is 110 Å². The number of carbonyl (C=O) groups is 1. The van der Waals surface area contributed by atoms with Crippen molar-refractivity contribution in [2.24, 2.45) is 16.6 Å². The molecule has 0 aromatic carbocycles. The van der Waals surface area contributed by atoms with Gasteiger partial charge in [-0.15, -0.1) is 0 Å². The molecule has 1 atom stereocenters. The molecule has 1 rings (SSSR count). The van der Waals surface area contributed by atoms with E-state index in [-0.39, 0.29) is 17.5 Å². The van der Waals surface area contributed by atoms with Gasteiger partial charge in [-0.1, -0.05) is 65.2 Å². The fourth-order valence-corrected chi connectivity index (χ4v) is 4.46. The van der Waals surface area contributed by atoms with E-state index in [4.69, 9.17) is 10.8 Å². The van der Waals surface area contributed by atoms with E-state index >= 15 is 0 Å². The average molecular weight is 358 g/mol. The van der Waals surface area contributed by atoms with Gasteiger partial charge in [0, 0.05) is 0 Å². The highest BCUT2D eigenvalue weighted by molar-refractivity contribution is 5.73. The molecule has 148 valence electrons. The lowest BCUT2D eigenvalue weighted by Gasteiger charge is -2.33. The number of halogens is 1. The first-order valence-electron chi connectivity index (χ1n) is 10.4. The Morgan fingerprint density at radius 3 is 1.80 bits per heavy atom. The van der Waals surface area contributed by atoms with Crippen LogP contribution in [-0.4, -0.2) is 23.8 Å². The van der Waals surface area contributed by atoms with Gasteiger partial charge in [-0.05, 0) is 49.4 Å². The van der Waals surface area contributed by atoms with E-state index in [9.17, 15) is 9.18 Å². The van der Waals surface area contributed by atoms with Gasteiger partial charge in [0.15, 0.2) is 0 Å². The standard InChI is InChI=1S/C21H40FNO2/c1-3-21(17-22)14-10-6-4-8-12-20(2,16-18(23)19(24)25)13-9-5-7-11-15-21/h18H,3-17,23H2,1-2H3,(H,24,25)/t18-,20?,21?/m0/s1. The summed E-state index contributed by atoms with van der Waals surface area (Å²) in [6, 6.07) is -0.751. The summed E-state index contributed by atoms with van der Waals surface area (Å²) in [4.78, 5) is 11.1. The molecule has 1 fully saturated rings. The zero-order valence-electron chi connectivity index (χ0n) is 16.5. The average Bonchev–Trinajstić information content (AvgIpc) is 2.58. The number of nitrogens with two attached hydrogens (primary N) is 1. The molecule has 0 saturated heterocycles. The minimum absolute atomic E-state index is 0.0358. The second-order valence-electron chi connectivity index (χ2n) is 8.78. The maximum absolute atomic E-state index is 13.6. The summed E-state index contributed by atoms with van der Waals surface area (Å²) in [7, 11) is 0. The summed E-state index contributed by atoms with van der Waals surface area (Å²) in [6.45, 7) is 4.18. The highest BCUT2D eigenvalue weighted by Crippen LogP contribution is 2.39. The highest BCUT2D eigenvalue weighted by atomic mass is 19.1. The first kappa shape index (κ1) is 22.4. The van der Waals surface area contributed by atoms with Crippen LogP contribution in [0, 0.1) is 10.8 Å². The summed E-state index contributed by atoms with van der Waals surface area (Å²) in [5.41, 5.74) is 5.78. The second kappa shape index (κ2) is 11.2. The number of carboxylic acid groups (broad SMARTS) is 1. The van der Waals surface area contributed by atoms with Crippen LogP contribution in [0.2, 0.25) is 0 Å². The van der Waals surface area contributed by atoms with Gasteiger partial charge in [0.25, 0.3) is 0 Å². The fourth-order valence-electron chi connectivity index (χ4n) is 4.46. The third-order valence-electron chi connectivity index (χ3n) is 6.54. The predicted octanol–water partition coefficient (Wildman–Crippen LogP) is 5.86. The molecule has 0 aromatic heterocycles. The summed E-state index contributed by atoms with van der Waals surface area (Å²) >= 11 is 0. The molecule has 0 unspecified atom stereocenters. The maximum Gasteiger partial charge on any atom is 0.320 e. The normalized spacial score (nSPS) is 31.8. The van der Waals surface area contributed by atoms with Crippen LogP contribution in [0.15, 0.2) is 0 Å². The van der Waals surface area contributed by atoms with Crippen molar-refractivity contribution in [1.29, 1.82) is 0 Å². The van der Waals surface area contributed by atoms with Crippen molar-refractivity contribution in [3.8, 4) is 0 Å². The van der Waals surface area contributed by atoms with Crippen LogP contribution in [0.5, 0.6) is 0 Å². The van der Waals surface area contributed by atoms with E-state index in [1.807, 2.05) is 0 Å². The van der Waals surface area contributed by atoms with Crippen LogP contribution in [0.4, 0.5) is 4.39 Å². The number of rotatable bonds is 5. The van der Waals surface area contributed by atoms with Crippen LogP contribution >= 0.6 is 0 Å². The quantitative estimate of drug-likeness (QED) is 0.648. The Morgan fingerprint density at radius 2 is 1.44 bits per heavy atom. The molecule has 1 aliphatic carbocycles. The van der Waals surface area contributed by atoms with Crippen molar-refractivity contribution < 1.29 is 14.3 Å². The van der Waals surface area contributed by atoms with Gasteiger partial charge in [-0.3, -0.25) is 9.18 Å². The molecule has 0 aliphatic heterocycles. The Hall–Kier alpha value is -0.640. The molecule has 1 saturated carbocycles. The summed E-state index contributed by atoms with van der Waals surface area (Å²) in [6.07, 6.45) is 14.8. The number of hydrogen-bond acceptors (Lipinski definition) is 2. The van der Waals surface area contributed by atoms with Crippen LogP contribution in [0.3, 0.4) is 0 Å². The minimum atomic E-state index is -0.886. The Bertz CT molecular complexity index is 364. The Balaban J connectivity index is 2.61. The number of hydrogen-bond donors (Lipinski definition) is 2. The van der Waals surface area contributed by atoms with E-state index in [2.05, 4.69) is 13.8 Å². The fraction of sp³-hybridized carbons (Fsp3) is 0.952. The van der Waals surface area contributed by atoms with Crippen molar-refractivity contribution in [3.05, 3.63) is 0 Å². The van der Waals surface area contributed by atoms with Crippen molar-refractivity contribution >= 4 is 5.97 Å². The van der Waals surface area contributed by atoms with E-state index in [1.54, 1.807) is 0 Å². The molecule has 0 amide bonds. The van der Waals surface area contributed by atoms with E-state index in [0.29, 0.717) is 6.42 Å². The largest absolute Gasteiger partial charge is 0.480 e. The highest BCUT2D eigenvalue weighted by Gasteiger charge is 2.30. The lowest BCUT2D eigenvalue weighted by Crippen LogP contribution is -2.36. The molecular weight excluding hydrogens is 317 g/mol. The van der Waals surface area contributed by atoms with Crippen molar-refractivity contribution in [1.82, 2.24) is 0 Å². The molecule has 1 aliphatic rings. The van der Waals surface area contributed by atoms with Crippen molar-refractivity contribution in [2.75, 3.05) is 6.67 Å². The van der Waals surface area contributed by atoms with E-state index < -0.39 is 12.0 Å². The van der Waals surface area contributed by atoms with Gasteiger partial charge in [0.1, 0.15) is 6.04 Å². The van der Waals surface area contributed by atoms with Crippen LogP contribution in [0.1, 0.15) is 104 Å². The van der Waals surface area contributed by atoms with Crippen LogP contribution in [-0.2, 0) is 4.79 Å². The lowest BCUT2D eigenvalue weighted by molar-refractivity contribution is -0.139. The third kappa shape index (κ3) is 8.06. The van der Waals surface area contributed by atoms with E-state index in [1.165, 1.54) is 0 Å². The van der Waals surface area contributed by atoms with Gasteiger partial charge in [0.2, 0.25) is 0 Å². The van der Waals surface area contributed by atoms with Gasteiger partial charge >= 0.3 is 5.97 Å². The van der Waals surface area contributed by atoms with Gasteiger partial charge in [-0.25, -0.2) is 0 Å². The van der Waals surface area contributed by atoms with Crippen LogP contribution in [0.25, 0.3) is 0 Å². The van der Waals surface area contributed by atoms with Crippen LogP contribution < -0.4 is 5.73 Å². The topological polar surface area (TPSA) is 63.3 Å². The Morgan fingerprint density at radius 1 is 1.00 bits per heavy atom. The zero-order valence-corrected chi connectivity index (χ0v) is 16.5. The Kier molecular flexibility index (Phi) is 9.99. The Labute approximate surface area is 153 Å². The third-order valence-corrected chi connectivity index (χ3v) is 6.54. The molecule has 4 heteroatoms. The first-order chi connectivity index (χ1) is 11.9. The second-order valence-corrected chi connectivity index (χ2v) is 8.78. The molecular formula is C21H40FNO2. The molecule has 0 radical (unpaired) electrons. The summed E-state index contributed by atoms with van der Waals surface area (Å²) in [5.74, 6) is -0.886. The monoisotopic (exact) mass is 357 g/mol. The SMILES string of the molecule is CCC1(CF)CCCCCCC(C)(C[C@H](N)C(=O)O)CCCCCC1. The zero-order chi connectivity index (χ0) is 18.8. The number of aliphatic carboxylic acids is 1. The number of alkyl halides is 1. The van der Waals surface area contributed by atoms with Gasteiger partial charge in [0.05, 0.1) is 6.67 Å². The molecule has 0 heterocycles. The predicted molar refractivity (Wildman–Crippen MR) is 102 cm³/mol. The van der Waals surface area contributed by atoms with Gasteiger partial charge < -0.3 is 10.8 Å². The minimum Gasteiger partial charge on any atom is -0.480 e. The van der Waals surface area contributed by atoms with Gasteiger partial charge in [-0.2, -0.15) is 0 Å². The smallest absolute Gasteiger partial charge is 0.320 e. The molecule has 0 bridgehead atoms. The number of carboxylic acids is 1. The maximum atomic E-state index is 13.6. The molecule has 25 heavy (non-hydrogen) atoms. The first-order valence-corrected chi connectivity index (χ1v) is 10.4.